The van der Waals surface area contributed by atoms with E-state index in [1.807, 2.05) is 30.3 Å². The number of benzene rings is 2. The number of aliphatic hydroxyl groups excluding tert-OH is 1. The van der Waals surface area contributed by atoms with Crippen LogP contribution in [0.3, 0.4) is 0 Å². The molecular formula is C25H25NO5. The fraction of sp³-hybridized carbons (Fsp3) is 0.280. The van der Waals surface area contributed by atoms with Crippen LogP contribution >= 0.6 is 0 Å². The molecule has 31 heavy (non-hydrogen) atoms. The number of pyridine rings is 1. The molecule has 0 aliphatic carbocycles. The number of methoxy groups -OCH3 is 1. The summed E-state index contributed by atoms with van der Waals surface area (Å²) in [6, 6.07) is 18.2. The van der Waals surface area contributed by atoms with E-state index < -0.39 is 23.6 Å². The van der Waals surface area contributed by atoms with E-state index in [1.54, 1.807) is 54.9 Å². The molecule has 2 unspecified atom stereocenters. The minimum Gasteiger partial charge on any atom is -0.485 e. The number of carbonyl (C=O) groups excluding carboxylic acids is 1. The first kappa shape index (κ1) is 20.9. The van der Waals surface area contributed by atoms with E-state index in [0.717, 1.165) is 5.56 Å². The molecule has 3 aromatic rings. The number of hydrogen-bond donors (Lipinski definition) is 1. The average molecular weight is 419 g/mol. The quantitative estimate of drug-likeness (QED) is 0.657. The number of rotatable bonds is 4. The van der Waals surface area contributed by atoms with Crippen molar-refractivity contribution < 1.29 is 19.4 Å². The fourth-order valence-electron chi connectivity index (χ4n) is 4.08. The van der Waals surface area contributed by atoms with E-state index in [1.165, 1.54) is 7.11 Å². The summed E-state index contributed by atoms with van der Waals surface area (Å²) in [4.78, 5) is 25.5. The van der Waals surface area contributed by atoms with E-state index in [2.05, 4.69) is 0 Å². The average Bonchev–Trinajstić information content (AvgIpc) is 2.76. The predicted molar refractivity (Wildman–Crippen MR) is 117 cm³/mol. The summed E-state index contributed by atoms with van der Waals surface area (Å²) in [6.07, 6.45) is 0.745. The Hall–Kier alpha value is -3.38. The van der Waals surface area contributed by atoms with Gasteiger partial charge in [0.25, 0.3) is 5.56 Å². The molecule has 160 valence electrons. The molecule has 1 aromatic heterocycles. The van der Waals surface area contributed by atoms with E-state index >= 15 is 0 Å². The van der Waals surface area contributed by atoms with Gasteiger partial charge in [0.2, 0.25) is 0 Å². The zero-order valence-corrected chi connectivity index (χ0v) is 17.7. The lowest BCUT2D eigenvalue weighted by Crippen LogP contribution is -2.50. The molecule has 1 aliphatic rings. The van der Waals surface area contributed by atoms with Crippen molar-refractivity contribution in [2.45, 2.75) is 38.0 Å². The van der Waals surface area contributed by atoms with Gasteiger partial charge in [0.1, 0.15) is 17.5 Å². The van der Waals surface area contributed by atoms with Crippen molar-refractivity contribution in [3.05, 3.63) is 99.5 Å². The smallest absolute Gasteiger partial charge is 0.337 e. The minimum atomic E-state index is -0.992. The van der Waals surface area contributed by atoms with Gasteiger partial charge in [-0.05, 0) is 43.7 Å². The van der Waals surface area contributed by atoms with Gasteiger partial charge in [-0.2, -0.15) is 0 Å². The normalized spacial score (nSPS) is 19.2. The summed E-state index contributed by atoms with van der Waals surface area (Å²) in [5.74, 6) is -0.611. The first-order valence-electron chi connectivity index (χ1n) is 10.1. The number of nitrogens with zero attached hydrogens (tertiary/aromatic N) is 1. The van der Waals surface area contributed by atoms with Gasteiger partial charge in [0.15, 0.2) is 0 Å². The molecule has 0 bridgehead atoms. The zero-order valence-electron chi connectivity index (χ0n) is 17.7. The molecule has 0 saturated heterocycles. The third-order valence-electron chi connectivity index (χ3n) is 5.75. The van der Waals surface area contributed by atoms with Gasteiger partial charge in [-0.15, -0.1) is 0 Å². The molecule has 2 heterocycles. The Balaban J connectivity index is 1.84. The van der Waals surface area contributed by atoms with Gasteiger partial charge in [-0.25, -0.2) is 4.79 Å². The van der Waals surface area contributed by atoms with Crippen LogP contribution in [0.25, 0.3) is 0 Å². The largest absolute Gasteiger partial charge is 0.485 e. The number of aromatic nitrogens is 1. The number of hydrogen-bond acceptors (Lipinski definition) is 5. The summed E-state index contributed by atoms with van der Waals surface area (Å²) in [6.45, 7) is 3.99. The van der Waals surface area contributed by atoms with Crippen molar-refractivity contribution in [2.75, 3.05) is 7.11 Å². The first-order chi connectivity index (χ1) is 14.8. The van der Waals surface area contributed by atoms with Gasteiger partial charge in [0, 0.05) is 23.2 Å². The van der Waals surface area contributed by atoms with Gasteiger partial charge in [-0.3, -0.25) is 4.79 Å². The molecule has 0 fully saturated rings. The molecule has 6 heteroatoms. The van der Waals surface area contributed by atoms with Crippen molar-refractivity contribution in [3.8, 4) is 5.75 Å². The molecule has 1 aliphatic heterocycles. The molecule has 2 atom stereocenters. The lowest BCUT2D eigenvalue weighted by Gasteiger charge is -2.42. The summed E-state index contributed by atoms with van der Waals surface area (Å²) < 4.78 is 12.5. The molecule has 4 rings (SSSR count). The number of aliphatic hydroxyl groups is 1. The van der Waals surface area contributed by atoms with Crippen molar-refractivity contribution >= 4 is 5.97 Å². The monoisotopic (exact) mass is 419 g/mol. The predicted octanol–water partition coefficient (Wildman–Crippen LogP) is 3.35. The van der Waals surface area contributed by atoms with Crippen LogP contribution in [0.2, 0.25) is 0 Å². The molecule has 0 saturated carbocycles. The first-order valence-corrected chi connectivity index (χ1v) is 10.1. The van der Waals surface area contributed by atoms with Crippen LogP contribution < -0.4 is 10.3 Å². The van der Waals surface area contributed by atoms with Crippen LogP contribution in [0.1, 0.15) is 46.8 Å². The van der Waals surface area contributed by atoms with Crippen LogP contribution in [0.4, 0.5) is 0 Å². The second kappa shape index (κ2) is 8.04. The van der Waals surface area contributed by atoms with E-state index in [-0.39, 0.29) is 5.56 Å². The second-order valence-electron chi connectivity index (χ2n) is 8.25. The molecule has 1 N–H and O–H groups in total. The summed E-state index contributed by atoms with van der Waals surface area (Å²) in [7, 11) is 1.31. The number of esters is 1. The highest BCUT2D eigenvalue weighted by Gasteiger charge is 2.44. The van der Waals surface area contributed by atoms with Crippen molar-refractivity contribution in [1.82, 2.24) is 4.57 Å². The van der Waals surface area contributed by atoms with Gasteiger partial charge in [-0.1, -0.05) is 36.4 Å². The Morgan fingerprint density at radius 3 is 2.55 bits per heavy atom. The lowest BCUT2D eigenvalue weighted by molar-refractivity contribution is -0.0514. The second-order valence-corrected chi connectivity index (χ2v) is 8.25. The Morgan fingerprint density at radius 2 is 1.84 bits per heavy atom. The number of fused-ring (bicyclic) bond motifs is 1. The molecule has 6 nitrogen and oxygen atoms in total. The highest BCUT2D eigenvalue weighted by Crippen LogP contribution is 2.44. The number of carbonyl (C=O) groups is 1. The standard InChI is InChI=1S/C25H25NO5/c1-25(2)22(27)21(19-14-17(24(29)30-3)11-12-20(19)31-25)18-10-7-13-26(23(18)28)15-16-8-5-4-6-9-16/h4-14,21-22,27H,15H2,1-3H3. The van der Waals surface area contributed by atoms with Crippen molar-refractivity contribution in [1.29, 1.82) is 0 Å². The fourth-order valence-corrected chi connectivity index (χ4v) is 4.08. The maximum absolute atomic E-state index is 13.4. The van der Waals surface area contributed by atoms with Gasteiger partial charge >= 0.3 is 5.97 Å². The third-order valence-corrected chi connectivity index (χ3v) is 5.75. The highest BCUT2D eigenvalue weighted by atomic mass is 16.5. The SMILES string of the molecule is COC(=O)c1ccc2c(c1)C(c1cccn(Cc3ccccc3)c1=O)C(O)C(C)(C)O2. The van der Waals surface area contributed by atoms with E-state index in [4.69, 9.17) is 9.47 Å². The maximum atomic E-state index is 13.4. The van der Waals surface area contributed by atoms with Crippen molar-refractivity contribution in [2.24, 2.45) is 0 Å². The van der Waals surface area contributed by atoms with Gasteiger partial charge in [0.05, 0.1) is 19.2 Å². The highest BCUT2D eigenvalue weighted by molar-refractivity contribution is 5.90. The van der Waals surface area contributed by atoms with E-state index in [0.29, 0.717) is 29.0 Å². The van der Waals surface area contributed by atoms with Crippen molar-refractivity contribution in [3.63, 3.8) is 0 Å². The summed E-state index contributed by atoms with van der Waals surface area (Å²) >= 11 is 0. The Morgan fingerprint density at radius 1 is 1.10 bits per heavy atom. The van der Waals surface area contributed by atoms with Crippen LogP contribution in [0.15, 0.2) is 71.7 Å². The summed E-state index contributed by atoms with van der Waals surface area (Å²) in [5.41, 5.74) is 1.26. The molecule has 2 aromatic carbocycles. The minimum absolute atomic E-state index is 0.192. The van der Waals surface area contributed by atoms with Gasteiger partial charge < -0.3 is 19.1 Å². The Labute approximate surface area is 180 Å². The lowest BCUT2D eigenvalue weighted by atomic mass is 9.77. The van der Waals surface area contributed by atoms with Crippen LogP contribution in [0.5, 0.6) is 5.75 Å². The molecule has 0 amide bonds. The maximum Gasteiger partial charge on any atom is 0.337 e. The topological polar surface area (TPSA) is 77.8 Å². The van der Waals surface area contributed by atoms with Crippen LogP contribution in [0, 0.1) is 0 Å². The molecular weight excluding hydrogens is 394 g/mol. The molecule has 0 spiro atoms. The number of ether oxygens (including phenoxy) is 2. The Bertz CT molecular complexity index is 1170. The third kappa shape index (κ3) is 3.86. The van der Waals surface area contributed by atoms with Crippen LogP contribution in [-0.2, 0) is 11.3 Å². The molecule has 0 radical (unpaired) electrons. The van der Waals surface area contributed by atoms with Crippen LogP contribution in [-0.4, -0.2) is 34.5 Å². The Kier molecular flexibility index (Phi) is 5.41. The summed E-state index contributed by atoms with van der Waals surface area (Å²) in [5, 5.41) is 11.2. The van der Waals surface area contributed by atoms with E-state index in [9.17, 15) is 14.7 Å². The zero-order chi connectivity index (χ0) is 22.2.